The summed E-state index contributed by atoms with van der Waals surface area (Å²) >= 11 is 0. The summed E-state index contributed by atoms with van der Waals surface area (Å²) in [6.07, 6.45) is 2.22. The third-order valence-electron chi connectivity index (χ3n) is 5.25. The molecule has 3 heterocycles. The van der Waals surface area contributed by atoms with E-state index in [0.717, 1.165) is 30.4 Å². The molecule has 1 amide bonds. The van der Waals surface area contributed by atoms with Gasteiger partial charge in [0.25, 0.3) is 10.0 Å². The Morgan fingerprint density at radius 2 is 2.00 bits per heavy atom. The zero-order chi connectivity index (χ0) is 19.7. The lowest BCUT2D eigenvalue weighted by atomic mass is 9.95. The van der Waals surface area contributed by atoms with Gasteiger partial charge in [0.1, 0.15) is 5.76 Å². The van der Waals surface area contributed by atoms with E-state index in [0.29, 0.717) is 32.1 Å². The molecular weight excluding hydrogens is 382 g/mol. The minimum atomic E-state index is -3.78. The number of hydrogen-bond acceptors (Lipinski definition) is 6. The van der Waals surface area contributed by atoms with Gasteiger partial charge in [0, 0.05) is 38.3 Å². The molecule has 2 aromatic rings. The topological polar surface area (TPSA) is 102 Å². The van der Waals surface area contributed by atoms with E-state index in [2.05, 4.69) is 9.88 Å². The number of nitrogens with one attached hydrogen (secondary N) is 1. The van der Waals surface area contributed by atoms with Gasteiger partial charge >= 0.3 is 0 Å². The summed E-state index contributed by atoms with van der Waals surface area (Å²) in [6.45, 7) is 4.02. The molecule has 4 rings (SSSR count). The molecule has 0 unspecified atom stereocenters. The Hall–Kier alpha value is -2.39. The Morgan fingerprint density at radius 3 is 2.71 bits per heavy atom. The van der Waals surface area contributed by atoms with E-state index in [1.54, 1.807) is 19.1 Å². The number of nitrogens with zero attached hydrogens (tertiary/aromatic N) is 2. The Balaban J connectivity index is 1.52. The molecule has 2 aliphatic heterocycles. The Labute approximate surface area is 163 Å². The number of carbonyl (C=O) groups excluding carboxylic acids is 1. The molecule has 1 saturated heterocycles. The van der Waals surface area contributed by atoms with Crippen LogP contribution in [0.25, 0.3) is 0 Å². The molecule has 1 N–H and O–H groups in total. The highest BCUT2D eigenvalue weighted by Gasteiger charge is 2.29. The number of sulfonamides is 1. The highest BCUT2D eigenvalue weighted by Crippen LogP contribution is 2.26. The van der Waals surface area contributed by atoms with Crippen molar-refractivity contribution in [2.75, 3.05) is 24.5 Å². The first-order valence-corrected chi connectivity index (χ1v) is 10.9. The summed E-state index contributed by atoms with van der Waals surface area (Å²) in [7, 11) is -3.78. The molecule has 1 fully saturated rings. The molecule has 1 aromatic heterocycles. The second kappa shape index (κ2) is 7.56. The van der Waals surface area contributed by atoms with Crippen LogP contribution in [0.3, 0.4) is 0 Å². The van der Waals surface area contributed by atoms with E-state index < -0.39 is 10.0 Å². The van der Waals surface area contributed by atoms with Crippen molar-refractivity contribution in [3.05, 3.63) is 41.2 Å². The number of amides is 1. The van der Waals surface area contributed by atoms with Crippen molar-refractivity contribution in [2.45, 2.75) is 37.6 Å². The lowest BCUT2D eigenvalue weighted by molar-refractivity contribution is -0.139. The lowest BCUT2D eigenvalue weighted by Gasteiger charge is -2.33. The van der Waals surface area contributed by atoms with Crippen LogP contribution in [0.15, 0.2) is 33.7 Å². The summed E-state index contributed by atoms with van der Waals surface area (Å²) in [5, 5.41) is 3.67. The molecule has 0 spiro atoms. The largest absolute Gasteiger partial charge is 0.381 e. The zero-order valence-electron chi connectivity index (χ0n) is 15.7. The quantitative estimate of drug-likeness (QED) is 0.836. The van der Waals surface area contributed by atoms with Crippen LogP contribution in [0.5, 0.6) is 0 Å². The molecule has 1 aromatic carbocycles. The summed E-state index contributed by atoms with van der Waals surface area (Å²) in [4.78, 5) is 14.8. The van der Waals surface area contributed by atoms with Crippen molar-refractivity contribution in [2.24, 2.45) is 5.92 Å². The van der Waals surface area contributed by atoms with Crippen molar-refractivity contribution >= 4 is 21.7 Å². The second-order valence-corrected chi connectivity index (χ2v) is 8.94. The first-order valence-electron chi connectivity index (χ1n) is 9.37. The molecule has 0 aliphatic carbocycles. The summed E-state index contributed by atoms with van der Waals surface area (Å²) in [5.41, 5.74) is 1.94. The maximum absolute atomic E-state index is 12.8. The van der Waals surface area contributed by atoms with E-state index in [9.17, 15) is 13.2 Å². The number of rotatable bonds is 4. The van der Waals surface area contributed by atoms with Gasteiger partial charge in [-0.25, -0.2) is 8.42 Å². The van der Waals surface area contributed by atoms with Crippen molar-refractivity contribution < 1.29 is 22.5 Å². The molecule has 28 heavy (non-hydrogen) atoms. The van der Waals surface area contributed by atoms with E-state index in [1.165, 1.54) is 6.07 Å². The van der Waals surface area contributed by atoms with Crippen LogP contribution in [0, 0.1) is 12.8 Å². The first-order chi connectivity index (χ1) is 13.4. The molecule has 0 bridgehead atoms. The predicted octanol–water partition coefficient (Wildman–Crippen LogP) is 2.10. The van der Waals surface area contributed by atoms with Gasteiger partial charge in [0.2, 0.25) is 5.91 Å². The van der Waals surface area contributed by atoms with Crippen LogP contribution in [-0.4, -0.2) is 44.1 Å². The first kappa shape index (κ1) is 18.9. The second-order valence-electron chi connectivity index (χ2n) is 7.26. The van der Waals surface area contributed by atoms with Gasteiger partial charge in [-0.3, -0.25) is 9.52 Å². The van der Waals surface area contributed by atoms with Crippen LogP contribution in [0.2, 0.25) is 0 Å². The third kappa shape index (κ3) is 3.90. The van der Waals surface area contributed by atoms with Crippen molar-refractivity contribution in [3.63, 3.8) is 0 Å². The molecule has 9 heteroatoms. The van der Waals surface area contributed by atoms with E-state index in [4.69, 9.17) is 9.26 Å². The van der Waals surface area contributed by atoms with Crippen LogP contribution in [-0.2, 0) is 32.5 Å². The Bertz CT molecular complexity index is 979. The van der Waals surface area contributed by atoms with Crippen LogP contribution >= 0.6 is 0 Å². The maximum Gasteiger partial charge on any atom is 0.263 e. The normalized spacial score (nSPS) is 18.0. The molecule has 2 aliphatic rings. The third-order valence-corrected chi connectivity index (χ3v) is 6.60. The van der Waals surface area contributed by atoms with E-state index in [-0.39, 0.29) is 22.5 Å². The smallest absolute Gasteiger partial charge is 0.263 e. The van der Waals surface area contributed by atoms with E-state index in [1.807, 2.05) is 11.0 Å². The predicted molar refractivity (Wildman–Crippen MR) is 101 cm³/mol. The zero-order valence-corrected chi connectivity index (χ0v) is 16.5. The number of benzene rings is 1. The molecule has 0 radical (unpaired) electrons. The van der Waals surface area contributed by atoms with Gasteiger partial charge in [-0.1, -0.05) is 11.2 Å². The van der Waals surface area contributed by atoms with Gasteiger partial charge in [0.05, 0.1) is 4.90 Å². The Morgan fingerprint density at radius 1 is 1.21 bits per heavy atom. The van der Waals surface area contributed by atoms with Gasteiger partial charge in [-0.15, -0.1) is 0 Å². The SMILES string of the molecule is Cc1cc(NS(=O)(=O)c2ccc3c(c2)CN(C(=O)C2CCOCC2)CC3)no1. The molecule has 8 nitrogen and oxygen atoms in total. The molecule has 0 saturated carbocycles. The van der Waals surface area contributed by atoms with E-state index >= 15 is 0 Å². The minimum Gasteiger partial charge on any atom is -0.381 e. The van der Waals surface area contributed by atoms with Gasteiger partial charge in [-0.05, 0) is 49.4 Å². The Kier molecular flexibility index (Phi) is 5.11. The fraction of sp³-hybridized carbons (Fsp3) is 0.474. The summed E-state index contributed by atoms with van der Waals surface area (Å²) in [5.74, 6) is 0.801. The number of fused-ring (bicyclic) bond motifs is 1. The average Bonchev–Trinajstić information content (AvgIpc) is 3.11. The van der Waals surface area contributed by atoms with Crippen LogP contribution in [0.1, 0.15) is 29.7 Å². The number of ether oxygens (including phenoxy) is 1. The fourth-order valence-corrected chi connectivity index (χ4v) is 4.74. The van der Waals surface area contributed by atoms with Crippen molar-refractivity contribution in [1.82, 2.24) is 10.1 Å². The van der Waals surface area contributed by atoms with Gasteiger partial charge < -0.3 is 14.2 Å². The standard InChI is InChI=1S/C19H23N3O5S/c1-13-10-18(20-27-13)21-28(24,25)17-3-2-14-4-7-22(12-16(14)11-17)19(23)15-5-8-26-9-6-15/h2-3,10-11,15H,4-9,12H2,1H3,(H,20,21). The monoisotopic (exact) mass is 405 g/mol. The fourth-order valence-electron chi connectivity index (χ4n) is 3.70. The number of anilines is 1. The van der Waals surface area contributed by atoms with Gasteiger partial charge in [-0.2, -0.15) is 0 Å². The number of hydrogen-bond donors (Lipinski definition) is 1. The lowest BCUT2D eigenvalue weighted by Crippen LogP contribution is -2.41. The minimum absolute atomic E-state index is 0.000660. The molecular formula is C19H23N3O5S. The maximum atomic E-state index is 12.8. The van der Waals surface area contributed by atoms with Crippen LogP contribution < -0.4 is 4.72 Å². The number of carbonyl (C=O) groups is 1. The van der Waals surface area contributed by atoms with Crippen molar-refractivity contribution in [3.8, 4) is 0 Å². The van der Waals surface area contributed by atoms with Crippen LogP contribution in [0.4, 0.5) is 5.82 Å². The molecule has 150 valence electrons. The highest BCUT2D eigenvalue weighted by molar-refractivity contribution is 7.92. The number of aryl methyl sites for hydroxylation is 1. The average molecular weight is 405 g/mol. The van der Waals surface area contributed by atoms with Gasteiger partial charge in [0.15, 0.2) is 5.82 Å². The summed E-state index contributed by atoms with van der Waals surface area (Å²) in [6, 6.07) is 6.58. The highest BCUT2D eigenvalue weighted by atomic mass is 32.2. The number of aromatic nitrogens is 1. The summed E-state index contributed by atoms with van der Waals surface area (Å²) < 4.78 is 38.0. The van der Waals surface area contributed by atoms with Crippen molar-refractivity contribution in [1.29, 1.82) is 0 Å². The molecule has 0 atom stereocenters.